The Kier molecular flexibility index (Phi) is 3.19. The second kappa shape index (κ2) is 4.19. The lowest BCUT2D eigenvalue weighted by molar-refractivity contribution is -0.144. The van der Waals surface area contributed by atoms with Crippen molar-refractivity contribution >= 4 is 5.97 Å². The van der Waals surface area contributed by atoms with Crippen molar-refractivity contribution in [3.05, 3.63) is 30.1 Å². The summed E-state index contributed by atoms with van der Waals surface area (Å²) >= 11 is 0. The van der Waals surface area contributed by atoms with Crippen LogP contribution in [-0.4, -0.2) is 16.1 Å². The maximum Gasteiger partial charge on any atom is 0.328 e. The molecule has 4 nitrogen and oxygen atoms in total. The van der Waals surface area contributed by atoms with E-state index < -0.39 is 11.5 Å². The highest BCUT2D eigenvalue weighted by molar-refractivity contribution is 5.80. The van der Waals surface area contributed by atoms with Crippen molar-refractivity contribution < 1.29 is 9.90 Å². The summed E-state index contributed by atoms with van der Waals surface area (Å²) in [5.74, 6) is -1.01. The van der Waals surface area contributed by atoms with E-state index in [1.54, 1.807) is 18.3 Å². The van der Waals surface area contributed by atoms with Crippen LogP contribution in [0.2, 0.25) is 0 Å². The first-order chi connectivity index (χ1) is 6.61. The number of carbonyl (C=O) groups is 1. The number of hydrogen-bond donors (Lipinski definition) is 2. The molecule has 0 radical (unpaired) electrons. The van der Waals surface area contributed by atoms with Gasteiger partial charge in [-0.25, -0.2) is 4.79 Å². The molecule has 1 atom stereocenters. The number of aromatic nitrogens is 1. The minimum absolute atomic E-state index is 0.411. The molecule has 4 heteroatoms. The monoisotopic (exact) mass is 194 g/mol. The fourth-order valence-corrected chi connectivity index (χ4v) is 1.40. The van der Waals surface area contributed by atoms with Crippen LogP contribution < -0.4 is 5.73 Å². The van der Waals surface area contributed by atoms with Gasteiger partial charge >= 0.3 is 5.97 Å². The molecule has 76 valence electrons. The van der Waals surface area contributed by atoms with Gasteiger partial charge in [-0.3, -0.25) is 4.98 Å². The third-order valence-corrected chi connectivity index (χ3v) is 2.20. The SMILES string of the molecule is CCCC(N)(C(=O)O)c1cccnc1. The van der Waals surface area contributed by atoms with Crippen molar-refractivity contribution in [3.63, 3.8) is 0 Å². The van der Waals surface area contributed by atoms with Crippen LogP contribution in [0.15, 0.2) is 24.5 Å². The third kappa shape index (κ3) is 1.90. The Morgan fingerprint density at radius 2 is 2.43 bits per heavy atom. The number of nitrogens with two attached hydrogens (primary N) is 1. The molecule has 0 aliphatic heterocycles. The standard InChI is InChI=1S/C10H14N2O2/c1-2-5-10(11,9(13)14)8-4-3-6-12-7-8/h3-4,6-7H,2,5,11H2,1H3,(H,13,14). The number of nitrogens with zero attached hydrogens (tertiary/aromatic N) is 1. The van der Waals surface area contributed by atoms with Crippen LogP contribution >= 0.6 is 0 Å². The molecule has 3 N–H and O–H groups in total. The summed E-state index contributed by atoms with van der Waals surface area (Å²) in [6.07, 6.45) is 4.23. The molecule has 0 fully saturated rings. The smallest absolute Gasteiger partial charge is 0.328 e. The van der Waals surface area contributed by atoms with E-state index in [4.69, 9.17) is 10.8 Å². The zero-order chi connectivity index (χ0) is 10.6. The molecule has 1 aromatic rings. The lowest BCUT2D eigenvalue weighted by Gasteiger charge is -2.23. The minimum atomic E-state index is -1.30. The van der Waals surface area contributed by atoms with Gasteiger partial charge in [-0.1, -0.05) is 19.4 Å². The van der Waals surface area contributed by atoms with Gasteiger partial charge in [0, 0.05) is 18.0 Å². The van der Waals surface area contributed by atoms with E-state index in [2.05, 4.69) is 4.98 Å². The van der Waals surface area contributed by atoms with E-state index in [9.17, 15) is 4.79 Å². The van der Waals surface area contributed by atoms with Crippen molar-refractivity contribution in [2.75, 3.05) is 0 Å². The Morgan fingerprint density at radius 1 is 1.71 bits per heavy atom. The topological polar surface area (TPSA) is 76.2 Å². The van der Waals surface area contributed by atoms with Gasteiger partial charge in [-0.15, -0.1) is 0 Å². The van der Waals surface area contributed by atoms with Gasteiger partial charge < -0.3 is 10.8 Å². The molecule has 1 heterocycles. The van der Waals surface area contributed by atoms with Crippen LogP contribution in [0.4, 0.5) is 0 Å². The number of carboxylic acids is 1. The molecule has 1 unspecified atom stereocenters. The number of hydrogen-bond acceptors (Lipinski definition) is 3. The molecule has 14 heavy (non-hydrogen) atoms. The van der Waals surface area contributed by atoms with Gasteiger partial charge in [-0.2, -0.15) is 0 Å². The Labute approximate surface area is 82.8 Å². The summed E-state index contributed by atoms with van der Waals surface area (Å²) in [5.41, 5.74) is 5.08. The predicted molar refractivity (Wildman–Crippen MR) is 52.6 cm³/mol. The van der Waals surface area contributed by atoms with Crippen LogP contribution in [-0.2, 0) is 10.3 Å². The summed E-state index contributed by atoms with van der Waals surface area (Å²) in [6, 6.07) is 3.38. The van der Waals surface area contributed by atoms with E-state index in [0.717, 1.165) is 6.42 Å². The van der Waals surface area contributed by atoms with Gasteiger partial charge in [0.2, 0.25) is 0 Å². The van der Waals surface area contributed by atoms with Crippen molar-refractivity contribution in [2.45, 2.75) is 25.3 Å². The van der Waals surface area contributed by atoms with Gasteiger partial charge in [0.25, 0.3) is 0 Å². The third-order valence-electron chi connectivity index (χ3n) is 2.20. The van der Waals surface area contributed by atoms with Crippen molar-refractivity contribution in [1.82, 2.24) is 4.98 Å². The Balaban J connectivity index is 3.06. The molecule has 0 aliphatic rings. The summed E-state index contributed by atoms with van der Waals surface area (Å²) < 4.78 is 0. The molecule has 1 aromatic heterocycles. The maximum atomic E-state index is 11.1. The minimum Gasteiger partial charge on any atom is -0.480 e. The Morgan fingerprint density at radius 3 is 2.86 bits per heavy atom. The summed E-state index contributed by atoms with van der Waals surface area (Å²) in [7, 11) is 0. The largest absolute Gasteiger partial charge is 0.480 e. The van der Waals surface area contributed by atoms with Crippen LogP contribution in [0.5, 0.6) is 0 Å². The normalized spacial score (nSPS) is 14.7. The quantitative estimate of drug-likeness (QED) is 0.753. The van der Waals surface area contributed by atoms with E-state index in [0.29, 0.717) is 12.0 Å². The molecule has 0 amide bonds. The number of pyridine rings is 1. The molecular weight excluding hydrogens is 180 g/mol. The lowest BCUT2D eigenvalue weighted by atomic mass is 9.88. The number of rotatable bonds is 4. The second-order valence-corrected chi connectivity index (χ2v) is 3.27. The Hall–Kier alpha value is -1.42. The van der Waals surface area contributed by atoms with Crippen LogP contribution in [0.1, 0.15) is 25.3 Å². The molecule has 0 aromatic carbocycles. The van der Waals surface area contributed by atoms with Crippen LogP contribution in [0, 0.1) is 0 Å². The molecule has 0 spiro atoms. The van der Waals surface area contributed by atoms with Gasteiger partial charge in [-0.05, 0) is 12.5 Å². The van der Waals surface area contributed by atoms with Crippen LogP contribution in [0.25, 0.3) is 0 Å². The highest BCUT2D eigenvalue weighted by Gasteiger charge is 2.34. The van der Waals surface area contributed by atoms with E-state index in [-0.39, 0.29) is 0 Å². The average molecular weight is 194 g/mol. The number of carboxylic acid groups (broad SMARTS) is 1. The van der Waals surface area contributed by atoms with Crippen molar-refractivity contribution in [2.24, 2.45) is 5.73 Å². The molecule has 1 rings (SSSR count). The fourth-order valence-electron chi connectivity index (χ4n) is 1.40. The average Bonchev–Trinajstić information content (AvgIpc) is 2.19. The summed E-state index contributed by atoms with van der Waals surface area (Å²) in [6.45, 7) is 1.90. The lowest BCUT2D eigenvalue weighted by Crippen LogP contribution is -2.44. The first kappa shape index (κ1) is 10.7. The molecule has 0 aliphatic carbocycles. The van der Waals surface area contributed by atoms with Gasteiger partial charge in [0.1, 0.15) is 5.54 Å². The Bertz CT molecular complexity index is 313. The highest BCUT2D eigenvalue weighted by atomic mass is 16.4. The van der Waals surface area contributed by atoms with E-state index >= 15 is 0 Å². The van der Waals surface area contributed by atoms with Crippen LogP contribution in [0.3, 0.4) is 0 Å². The highest BCUT2D eigenvalue weighted by Crippen LogP contribution is 2.23. The van der Waals surface area contributed by atoms with Gasteiger partial charge in [0.15, 0.2) is 0 Å². The number of aliphatic carboxylic acids is 1. The maximum absolute atomic E-state index is 11.1. The molecular formula is C10H14N2O2. The second-order valence-electron chi connectivity index (χ2n) is 3.27. The predicted octanol–water partition coefficient (Wildman–Crippen LogP) is 1.12. The van der Waals surface area contributed by atoms with E-state index in [1.165, 1.54) is 6.20 Å². The van der Waals surface area contributed by atoms with Gasteiger partial charge in [0.05, 0.1) is 0 Å². The first-order valence-corrected chi connectivity index (χ1v) is 4.54. The summed E-state index contributed by atoms with van der Waals surface area (Å²) in [5, 5.41) is 9.06. The fraction of sp³-hybridized carbons (Fsp3) is 0.400. The zero-order valence-corrected chi connectivity index (χ0v) is 8.10. The molecule has 0 bridgehead atoms. The molecule has 0 saturated heterocycles. The van der Waals surface area contributed by atoms with Crippen molar-refractivity contribution in [3.8, 4) is 0 Å². The zero-order valence-electron chi connectivity index (χ0n) is 8.10. The first-order valence-electron chi connectivity index (χ1n) is 4.54. The molecule has 0 saturated carbocycles. The van der Waals surface area contributed by atoms with Crippen molar-refractivity contribution in [1.29, 1.82) is 0 Å². The summed E-state index contributed by atoms with van der Waals surface area (Å²) in [4.78, 5) is 14.9. The van der Waals surface area contributed by atoms with E-state index in [1.807, 2.05) is 6.92 Å².